The fourth-order valence-electron chi connectivity index (χ4n) is 1.48. The van der Waals surface area contributed by atoms with Crippen LogP contribution in [-0.2, 0) is 6.54 Å². The maximum Gasteiger partial charge on any atom is 0.240 e. The lowest BCUT2D eigenvalue weighted by molar-refractivity contribution is 0.380. The predicted octanol–water partition coefficient (Wildman–Crippen LogP) is 2.17. The average molecular weight is 254 g/mol. The number of benzene rings is 1. The molecule has 0 radical (unpaired) electrons. The van der Waals surface area contributed by atoms with Gasteiger partial charge in [-0.05, 0) is 31.0 Å². The van der Waals surface area contributed by atoms with Gasteiger partial charge in [0.15, 0.2) is 0 Å². The number of phenols is 1. The van der Waals surface area contributed by atoms with Gasteiger partial charge in [0.2, 0.25) is 11.7 Å². The molecule has 0 saturated heterocycles. The standard InChI is InChI=1S/C11H12ClN3O2/c1-5-3-7(10(16)9(12)6(5)2)11-14-8(4-13)17-15-11/h3,16H,4,13H2,1-2H3. The van der Waals surface area contributed by atoms with Crippen molar-refractivity contribution in [3.8, 4) is 17.1 Å². The first kappa shape index (κ1) is 11.9. The molecule has 3 N–H and O–H groups in total. The number of nitrogens with zero attached hydrogens (tertiary/aromatic N) is 2. The zero-order valence-corrected chi connectivity index (χ0v) is 10.2. The molecule has 5 nitrogen and oxygen atoms in total. The summed E-state index contributed by atoms with van der Waals surface area (Å²) in [5, 5.41) is 14.0. The minimum atomic E-state index is -0.0425. The molecule has 0 atom stereocenters. The molecule has 1 aromatic heterocycles. The summed E-state index contributed by atoms with van der Waals surface area (Å²) < 4.78 is 4.89. The Hall–Kier alpha value is -1.59. The monoisotopic (exact) mass is 253 g/mol. The normalized spacial score (nSPS) is 10.8. The lowest BCUT2D eigenvalue weighted by Gasteiger charge is -2.08. The van der Waals surface area contributed by atoms with Gasteiger partial charge < -0.3 is 15.4 Å². The number of nitrogens with two attached hydrogens (primary N) is 1. The van der Waals surface area contributed by atoms with E-state index in [0.717, 1.165) is 11.1 Å². The van der Waals surface area contributed by atoms with Gasteiger partial charge in [-0.25, -0.2) is 0 Å². The van der Waals surface area contributed by atoms with Crippen LogP contribution in [0.5, 0.6) is 5.75 Å². The van der Waals surface area contributed by atoms with E-state index >= 15 is 0 Å². The number of hydrogen-bond donors (Lipinski definition) is 2. The summed E-state index contributed by atoms with van der Waals surface area (Å²) in [6.45, 7) is 3.89. The number of hydrogen-bond acceptors (Lipinski definition) is 5. The van der Waals surface area contributed by atoms with E-state index in [1.807, 2.05) is 13.8 Å². The molecular weight excluding hydrogens is 242 g/mol. The van der Waals surface area contributed by atoms with Crippen LogP contribution in [0, 0.1) is 13.8 Å². The summed E-state index contributed by atoms with van der Waals surface area (Å²) in [5.41, 5.74) is 7.60. The average Bonchev–Trinajstić information content (AvgIpc) is 2.79. The van der Waals surface area contributed by atoms with E-state index in [2.05, 4.69) is 10.1 Å². The zero-order chi connectivity index (χ0) is 12.6. The predicted molar refractivity (Wildman–Crippen MR) is 63.8 cm³/mol. The van der Waals surface area contributed by atoms with Crippen LogP contribution in [0.25, 0.3) is 11.4 Å². The largest absolute Gasteiger partial charge is 0.506 e. The molecule has 0 fully saturated rings. The summed E-state index contributed by atoms with van der Waals surface area (Å²) in [7, 11) is 0. The number of aromatic nitrogens is 2. The number of rotatable bonds is 2. The molecule has 2 aromatic rings. The third-order valence-electron chi connectivity index (χ3n) is 2.63. The fourth-order valence-corrected chi connectivity index (χ4v) is 1.73. The highest BCUT2D eigenvalue weighted by Crippen LogP contribution is 2.37. The maximum absolute atomic E-state index is 9.95. The number of aromatic hydroxyl groups is 1. The molecule has 0 saturated carbocycles. The summed E-state index contributed by atoms with van der Waals surface area (Å²) in [5.74, 6) is 0.556. The van der Waals surface area contributed by atoms with Crippen LogP contribution in [0.15, 0.2) is 10.6 Å². The molecule has 90 valence electrons. The van der Waals surface area contributed by atoms with Gasteiger partial charge in [-0.15, -0.1) is 0 Å². The minimum absolute atomic E-state index is 0.0425. The van der Waals surface area contributed by atoms with E-state index in [4.69, 9.17) is 21.9 Å². The van der Waals surface area contributed by atoms with Gasteiger partial charge in [-0.3, -0.25) is 0 Å². The molecule has 0 amide bonds. The Kier molecular flexibility index (Phi) is 3.04. The van der Waals surface area contributed by atoms with Gasteiger partial charge in [-0.1, -0.05) is 16.8 Å². The van der Waals surface area contributed by atoms with Crippen LogP contribution >= 0.6 is 11.6 Å². The maximum atomic E-state index is 9.95. The van der Waals surface area contributed by atoms with Crippen LogP contribution < -0.4 is 5.73 Å². The van der Waals surface area contributed by atoms with E-state index in [1.165, 1.54) is 0 Å². The van der Waals surface area contributed by atoms with E-state index in [9.17, 15) is 5.11 Å². The van der Waals surface area contributed by atoms with Crippen molar-refractivity contribution in [2.24, 2.45) is 5.73 Å². The molecule has 0 aliphatic carbocycles. The second-order valence-electron chi connectivity index (χ2n) is 3.74. The topological polar surface area (TPSA) is 85.2 Å². The molecule has 2 rings (SSSR count). The second kappa shape index (κ2) is 4.35. The molecule has 0 unspecified atom stereocenters. The van der Waals surface area contributed by atoms with E-state index in [0.29, 0.717) is 16.5 Å². The Bertz CT molecular complexity index is 566. The Balaban J connectivity index is 2.59. The highest BCUT2D eigenvalue weighted by atomic mass is 35.5. The Morgan fingerprint density at radius 3 is 2.76 bits per heavy atom. The summed E-state index contributed by atoms with van der Waals surface area (Å²) in [6, 6.07) is 1.77. The summed E-state index contributed by atoms with van der Waals surface area (Å²) in [4.78, 5) is 4.05. The Morgan fingerprint density at radius 2 is 2.18 bits per heavy atom. The van der Waals surface area contributed by atoms with E-state index in [-0.39, 0.29) is 18.1 Å². The van der Waals surface area contributed by atoms with Crippen molar-refractivity contribution in [3.05, 3.63) is 28.1 Å². The second-order valence-corrected chi connectivity index (χ2v) is 4.12. The quantitative estimate of drug-likeness (QED) is 0.857. The third kappa shape index (κ3) is 1.99. The van der Waals surface area contributed by atoms with Crippen molar-refractivity contribution in [2.45, 2.75) is 20.4 Å². The lowest BCUT2D eigenvalue weighted by atomic mass is 10.0. The lowest BCUT2D eigenvalue weighted by Crippen LogP contribution is -1.96. The highest BCUT2D eigenvalue weighted by Gasteiger charge is 2.17. The summed E-state index contributed by atoms with van der Waals surface area (Å²) in [6.07, 6.45) is 0. The molecule has 0 aliphatic heterocycles. The minimum Gasteiger partial charge on any atom is -0.506 e. The molecule has 17 heavy (non-hydrogen) atoms. The molecule has 0 aliphatic rings. The van der Waals surface area contributed by atoms with Crippen LogP contribution in [0.4, 0.5) is 0 Å². The first-order valence-corrected chi connectivity index (χ1v) is 5.44. The van der Waals surface area contributed by atoms with Crippen molar-refractivity contribution in [3.63, 3.8) is 0 Å². The third-order valence-corrected chi connectivity index (χ3v) is 3.09. The van der Waals surface area contributed by atoms with Gasteiger partial charge in [-0.2, -0.15) is 4.98 Å². The number of halogens is 1. The smallest absolute Gasteiger partial charge is 0.240 e. The molecule has 0 bridgehead atoms. The molecular formula is C11H12ClN3O2. The van der Waals surface area contributed by atoms with Crippen molar-refractivity contribution >= 4 is 11.6 Å². The van der Waals surface area contributed by atoms with Crippen molar-refractivity contribution in [1.29, 1.82) is 0 Å². The summed E-state index contributed by atoms with van der Waals surface area (Å²) >= 11 is 6.02. The van der Waals surface area contributed by atoms with E-state index in [1.54, 1.807) is 6.07 Å². The van der Waals surface area contributed by atoms with Gasteiger partial charge in [0, 0.05) is 0 Å². The van der Waals surface area contributed by atoms with Crippen LogP contribution in [0.1, 0.15) is 17.0 Å². The number of phenolic OH excluding ortho intramolecular Hbond substituents is 1. The first-order chi connectivity index (χ1) is 8.04. The molecule has 0 spiro atoms. The van der Waals surface area contributed by atoms with Crippen LogP contribution in [0.2, 0.25) is 5.02 Å². The van der Waals surface area contributed by atoms with Crippen molar-refractivity contribution in [2.75, 3.05) is 0 Å². The molecule has 1 heterocycles. The number of aryl methyl sites for hydroxylation is 1. The SMILES string of the molecule is Cc1cc(-c2noc(CN)n2)c(O)c(Cl)c1C. The van der Waals surface area contributed by atoms with Gasteiger partial charge in [0.05, 0.1) is 17.1 Å². The van der Waals surface area contributed by atoms with E-state index < -0.39 is 0 Å². The Labute approximate surface area is 103 Å². The highest BCUT2D eigenvalue weighted by molar-refractivity contribution is 6.33. The Morgan fingerprint density at radius 1 is 1.47 bits per heavy atom. The zero-order valence-electron chi connectivity index (χ0n) is 9.49. The van der Waals surface area contributed by atoms with Crippen molar-refractivity contribution in [1.82, 2.24) is 10.1 Å². The van der Waals surface area contributed by atoms with Crippen LogP contribution in [0.3, 0.4) is 0 Å². The fraction of sp³-hybridized carbons (Fsp3) is 0.273. The van der Waals surface area contributed by atoms with Crippen molar-refractivity contribution < 1.29 is 9.63 Å². The van der Waals surface area contributed by atoms with Crippen LogP contribution in [-0.4, -0.2) is 15.2 Å². The van der Waals surface area contributed by atoms with Gasteiger partial charge >= 0.3 is 0 Å². The molecule has 1 aromatic carbocycles. The first-order valence-electron chi connectivity index (χ1n) is 5.06. The van der Waals surface area contributed by atoms with Gasteiger partial charge in [0.1, 0.15) is 5.75 Å². The van der Waals surface area contributed by atoms with Gasteiger partial charge in [0.25, 0.3) is 0 Å². The molecule has 6 heteroatoms.